The molecular formula is C19H20FN3O4S2. The van der Waals surface area contributed by atoms with Crippen molar-refractivity contribution in [2.24, 2.45) is 5.16 Å². The van der Waals surface area contributed by atoms with Crippen molar-refractivity contribution in [3.63, 3.8) is 0 Å². The van der Waals surface area contributed by atoms with Gasteiger partial charge in [0.15, 0.2) is 22.1 Å². The Kier molecular flexibility index (Phi) is 6.75. The lowest BCUT2D eigenvalue weighted by molar-refractivity contribution is -0.110. The molecule has 2 atom stereocenters. The minimum atomic E-state index is -0.511. The Balaban J connectivity index is 1.50. The number of hydrogen-bond donors (Lipinski definition) is 1. The van der Waals surface area contributed by atoms with Crippen LogP contribution in [0.3, 0.4) is 0 Å². The van der Waals surface area contributed by atoms with Gasteiger partial charge < -0.3 is 14.3 Å². The number of oxime groups is 1. The van der Waals surface area contributed by atoms with Gasteiger partial charge in [0.2, 0.25) is 0 Å². The van der Waals surface area contributed by atoms with Gasteiger partial charge in [0.1, 0.15) is 0 Å². The van der Waals surface area contributed by atoms with Crippen LogP contribution in [0.15, 0.2) is 40.5 Å². The van der Waals surface area contributed by atoms with Crippen molar-refractivity contribution < 1.29 is 23.5 Å². The van der Waals surface area contributed by atoms with Crippen LogP contribution >= 0.6 is 23.1 Å². The van der Waals surface area contributed by atoms with Gasteiger partial charge in [-0.25, -0.2) is 4.98 Å². The number of carbonyl (C=O) groups excluding carboxylic acids is 1. The van der Waals surface area contributed by atoms with E-state index in [0.29, 0.717) is 24.0 Å². The number of anilines is 1. The molecule has 1 aromatic heterocycles. The molecule has 2 aromatic rings. The number of halogens is 1. The predicted octanol–water partition coefficient (Wildman–Crippen LogP) is 3.31. The molecule has 1 amide bonds. The second-order valence-electron chi connectivity index (χ2n) is 6.58. The number of nitrogens with one attached hydrogen (secondary N) is 1. The number of carbonyl (C=O) groups is 1. The fraction of sp³-hybridized carbons (Fsp3) is 0.421. The van der Waals surface area contributed by atoms with Crippen LogP contribution in [-0.4, -0.2) is 54.4 Å². The van der Waals surface area contributed by atoms with E-state index < -0.39 is 11.0 Å². The van der Waals surface area contributed by atoms with Crippen LogP contribution in [0.5, 0.6) is 0 Å². The van der Waals surface area contributed by atoms with Gasteiger partial charge in [-0.05, 0) is 18.6 Å². The monoisotopic (exact) mass is 437 g/mol. The molecule has 0 aliphatic carbocycles. The summed E-state index contributed by atoms with van der Waals surface area (Å²) >= 11 is 2.51. The average molecular weight is 438 g/mol. The summed E-state index contributed by atoms with van der Waals surface area (Å²) in [7, 11) is 0. The number of thioether (sulfide) groups is 1. The van der Waals surface area contributed by atoms with Gasteiger partial charge in [0.25, 0.3) is 5.91 Å². The lowest BCUT2D eigenvalue weighted by atomic mass is 10.1. The van der Waals surface area contributed by atoms with Gasteiger partial charge in [-0.1, -0.05) is 28.6 Å². The molecule has 3 heterocycles. The summed E-state index contributed by atoms with van der Waals surface area (Å²) in [5.74, 6) is -0.511. The Hall–Kier alpha value is -2.01. The molecular weight excluding hydrogens is 417 g/mol. The van der Waals surface area contributed by atoms with E-state index in [4.69, 9.17) is 14.3 Å². The molecule has 4 rings (SSSR count). The molecule has 2 aliphatic heterocycles. The number of rotatable bonds is 7. The van der Waals surface area contributed by atoms with E-state index in [2.05, 4.69) is 15.5 Å². The van der Waals surface area contributed by atoms with Crippen LogP contribution in [-0.2, 0) is 19.1 Å². The number of amides is 1. The van der Waals surface area contributed by atoms with Crippen LogP contribution in [0.4, 0.5) is 9.52 Å². The normalized spacial score (nSPS) is 22.0. The molecule has 10 heteroatoms. The number of benzene rings is 1. The van der Waals surface area contributed by atoms with Gasteiger partial charge in [-0.2, -0.15) is 4.39 Å². The topological polar surface area (TPSA) is 82.0 Å². The Morgan fingerprint density at radius 2 is 2.03 bits per heavy atom. The number of ether oxygens (including phenoxy) is 2. The third-order valence-corrected chi connectivity index (χ3v) is 6.36. The van der Waals surface area contributed by atoms with E-state index in [1.807, 2.05) is 24.3 Å². The minimum absolute atomic E-state index is 0.105. The third-order valence-electron chi connectivity index (χ3n) is 4.41. The molecule has 2 fully saturated rings. The number of hydrogen-bond acceptors (Lipinski definition) is 8. The lowest BCUT2D eigenvalue weighted by Gasteiger charge is -2.11. The minimum Gasteiger partial charge on any atom is -0.389 e. The standard InChI is InChI=1S/C19H20FN3O4S2/c20-16-9-21-19(29-16)22-18(24)17(23-27-13-5-7-25-10-13)12-1-3-14(4-2-12)28-15-6-8-26-11-15/h1-4,9,13,15H,5-8,10-11H2,(H,21,22,24)/t13-,15-/m1/s1. The van der Waals surface area contributed by atoms with Crippen molar-refractivity contribution in [1.82, 2.24) is 4.98 Å². The molecule has 29 heavy (non-hydrogen) atoms. The molecule has 0 radical (unpaired) electrons. The highest BCUT2D eigenvalue weighted by Crippen LogP contribution is 2.29. The van der Waals surface area contributed by atoms with Crippen molar-refractivity contribution in [1.29, 1.82) is 0 Å². The van der Waals surface area contributed by atoms with E-state index in [9.17, 15) is 9.18 Å². The zero-order valence-corrected chi connectivity index (χ0v) is 17.1. The highest BCUT2D eigenvalue weighted by molar-refractivity contribution is 8.00. The van der Waals surface area contributed by atoms with Gasteiger partial charge >= 0.3 is 0 Å². The number of nitrogens with zero attached hydrogens (tertiary/aromatic N) is 2. The Morgan fingerprint density at radius 3 is 2.69 bits per heavy atom. The van der Waals surface area contributed by atoms with Gasteiger partial charge in [0, 0.05) is 28.7 Å². The van der Waals surface area contributed by atoms with Crippen LogP contribution in [0, 0.1) is 5.13 Å². The molecule has 1 N–H and O–H groups in total. The van der Waals surface area contributed by atoms with Crippen molar-refractivity contribution in [2.45, 2.75) is 29.1 Å². The lowest BCUT2D eigenvalue weighted by Crippen LogP contribution is -2.25. The SMILES string of the molecule is O=C(Nc1ncc(F)s1)C(=NO[C@@H]1CCOC1)c1ccc(S[C@@H]2CCOC2)cc1. The Morgan fingerprint density at radius 1 is 1.24 bits per heavy atom. The summed E-state index contributed by atoms with van der Waals surface area (Å²) in [4.78, 5) is 23.2. The summed E-state index contributed by atoms with van der Waals surface area (Å²) in [6, 6.07) is 7.55. The molecule has 2 saturated heterocycles. The van der Waals surface area contributed by atoms with E-state index in [0.717, 1.165) is 48.5 Å². The summed E-state index contributed by atoms with van der Waals surface area (Å²) in [6.07, 6.45) is 2.62. The number of aromatic nitrogens is 1. The van der Waals surface area contributed by atoms with E-state index in [1.54, 1.807) is 11.8 Å². The molecule has 0 spiro atoms. The summed E-state index contributed by atoms with van der Waals surface area (Å²) in [5, 5.41) is 6.80. The highest BCUT2D eigenvalue weighted by atomic mass is 32.2. The van der Waals surface area contributed by atoms with Crippen molar-refractivity contribution >= 4 is 39.8 Å². The van der Waals surface area contributed by atoms with E-state index in [1.165, 1.54) is 0 Å². The maximum Gasteiger partial charge on any atom is 0.280 e. The predicted molar refractivity (Wildman–Crippen MR) is 109 cm³/mol. The van der Waals surface area contributed by atoms with Crippen molar-refractivity contribution in [3.05, 3.63) is 41.2 Å². The zero-order valence-electron chi connectivity index (χ0n) is 15.5. The molecule has 1 aromatic carbocycles. The molecule has 0 saturated carbocycles. The molecule has 0 unspecified atom stereocenters. The molecule has 154 valence electrons. The Bertz CT molecular complexity index is 863. The summed E-state index contributed by atoms with van der Waals surface area (Å²) in [6.45, 7) is 2.60. The third kappa shape index (κ3) is 5.53. The van der Waals surface area contributed by atoms with Crippen LogP contribution in [0.25, 0.3) is 0 Å². The second kappa shape index (κ2) is 9.66. The van der Waals surface area contributed by atoms with Gasteiger partial charge in [0.05, 0.1) is 26.0 Å². The molecule has 7 nitrogen and oxygen atoms in total. The Labute approximate surface area is 175 Å². The fourth-order valence-electron chi connectivity index (χ4n) is 2.91. The summed E-state index contributed by atoms with van der Waals surface area (Å²) in [5.41, 5.74) is 0.707. The van der Waals surface area contributed by atoms with Gasteiger partial charge in [-0.3, -0.25) is 10.1 Å². The quantitative estimate of drug-likeness (QED) is 0.529. The first-order chi connectivity index (χ1) is 14.2. The second-order valence-corrected chi connectivity index (χ2v) is 8.94. The zero-order chi connectivity index (χ0) is 20.1. The van der Waals surface area contributed by atoms with Gasteiger partial charge in [-0.15, -0.1) is 11.8 Å². The summed E-state index contributed by atoms with van der Waals surface area (Å²) < 4.78 is 23.9. The largest absolute Gasteiger partial charge is 0.389 e. The van der Waals surface area contributed by atoms with Crippen LogP contribution in [0.2, 0.25) is 0 Å². The van der Waals surface area contributed by atoms with Crippen molar-refractivity contribution in [3.8, 4) is 0 Å². The van der Waals surface area contributed by atoms with Crippen LogP contribution < -0.4 is 5.32 Å². The molecule has 2 aliphatic rings. The first kappa shape index (κ1) is 20.3. The highest BCUT2D eigenvalue weighted by Gasteiger charge is 2.22. The average Bonchev–Trinajstić information content (AvgIpc) is 3.47. The van der Waals surface area contributed by atoms with E-state index >= 15 is 0 Å². The first-order valence-electron chi connectivity index (χ1n) is 9.26. The first-order valence-corrected chi connectivity index (χ1v) is 11.0. The number of thiazole rings is 1. The maximum absolute atomic E-state index is 13.2. The smallest absolute Gasteiger partial charge is 0.280 e. The fourth-order valence-corrected chi connectivity index (χ4v) is 4.50. The maximum atomic E-state index is 13.2. The van der Waals surface area contributed by atoms with E-state index in [-0.39, 0.29) is 16.9 Å². The van der Waals surface area contributed by atoms with Crippen LogP contribution in [0.1, 0.15) is 18.4 Å². The molecule has 0 bridgehead atoms. The van der Waals surface area contributed by atoms with Crippen molar-refractivity contribution in [2.75, 3.05) is 31.7 Å².